The quantitative estimate of drug-likeness (QED) is 0.583. The zero-order chi connectivity index (χ0) is 8.97. The van der Waals surface area contributed by atoms with E-state index in [1.807, 2.05) is 13.8 Å². The van der Waals surface area contributed by atoms with Crippen LogP contribution in [0.1, 0.15) is 13.8 Å². The molecule has 0 saturated carbocycles. The molecule has 4 nitrogen and oxygen atoms in total. The Balaban J connectivity index is 2.41. The molecule has 0 atom stereocenters. The van der Waals surface area contributed by atoms with Gasteiger partial charge in [0.2, 0.25) is 0 Å². The molecule has 1 aliphatic heterocycles. The van der Waals surface area contributed by atoms with E-state index >= 15 is 0 Å². The van der Waals surface area contributed by atoms with Gasteiger partial charge in [-0.05, 0) is 12.6 Å². The van der Waals surface area contributed by atoms with E-state index in [1.54, 1.807) is 7.11 Å². The summed E-state index contributed by atoms with van der Waals surface area (Å²) in [6.45, 7) is 3.99. The van der Waals surface area contributed by atoms with Crippen molar-refractivity contribution in [1.29, 1.82) is 0 Å². The summed E-state index contributed by atoms with van der Waals surface area (Å²) in [7, 11) is 0.575. The van der Waals surface area contributed by atoms with Gasteiger partial charge in [0.1, 0.15) is 0 Å². The third-order valence-electron chi connectivity index (χ3n) is 1.69. The smallest absolute Gasteiger partial charge is 0.452 e. The van der Waals surface area contributed by atoms with Crippen molar-refractivity contribution in [3.05, 3.63) is 0 Å². The highest BCUT2D eigenvalue weighted by Crippen LogP contribution is 2.13. The molecule has 0 aromatic rings. The normalized spacial score (nSPS) is 18.8. The molecule has 66 valence electrons. The van der Waals surface area contributed by atoms with Gasteiger partial charge in [0.05, 0.1) is 0 Å². The van der Waals surface area contributed by atoms with Crippen molar-refractivity contribution in [2.45, 2.75) is 26.5 Å². The fourth-order valence-corrected chi connectivity index (χ4v) is 1.01. The van der Waals surface area contributed by atoms with Crippen molar-refractivity contribution in [2.24, 2.45) is 0 Å². The fraction of sp³-hybridized carbons (Fsp3) is 1.00. The molecule has 1 aliphatic rings. The van der Waals surface area contributed by atoms with Crippen LogP contribution in [0.15, 0.2) is 0 Å². The SMILES string of the molecule is CCB1OB(CC)OB(OC)O1. The van der Waals surface area contributed by atoms with Gasteiger partial charge in [-0.25, -0.2) is 0 Å². The lowest BCUT2D eigenvalue weighted by Gasteiger charge is -2.28. The van der Waals surface area contributed by atoms with E-state index in [1.165, 1.54) is 0 Å². The molecule has 0 spiro atoms. The van der Waals surface area contributed by atoms with Crippen LogP contribution in [0.5, 0.6) is 0 Å². The van der Waals surface area contributed by atoms with Crippen molar-refractivity contribution in [3.63, 3.8) is 0 Å². The monoisotopic (exact) mass is 170 g/mol. The first-order valence-corrected chi connectivity index (χ1v) is 4.29. The van der Waals surface area contributed by atoms with Gasteiger partial charge >= 0.3 is 21.6 Å². The van der Waals surface area contributed by atoms with Crippen molar-refractivity contribution >= 4 is 21.6 Å². The topological polar surface area (TPSA) is 36.9 Å². The van der Waals surface area contributed by atoms with Crippen molar-refractivity contribution in [1.82, 2.24) is 0 Å². The zero-order valence-corrected chi connectivity index (χ0v) is 7.78. The second kappa shape index (κ2) is 4.92. The summed E-state index contributed by atoms with van der Waals surface area (Å²) >= 11 is 0. The third-order valence-corrected chi connectivity index (χ3v) is 1.69. The maximum Gasteiger partial charge on any atom is 0.611 e. The predicted octanol–water partition coefficient (Wildman–Crippen LogP) is 0.697. The molecule has 1 rings (SSSR count). The molecule has 0 unspecified atom stereocenters. The summed E-state index contributed by atoms with van der Waals surface area (Å²) in [5.74, 6) is 0. The average molecular weight is 170 g/mol. The Bertz CT molecular complexity index is 106. The number of rotatable bonds is 3. The summed E-state index contributed by atoms with van der Waals surface area (Å²) in [5.41, 5.74) is 0. The maximum atomic E-state index is 5.39. The Kier molecular flexibility index (Phi) is 4.14. The number of hydrogen-bond acceptors (Lipinski definition) is 4. The van der Waals surface area contributed by atoms with Gasteiger partial charge in [-0.2, -0.15) is 0 Å². The Morgan fingerprint density at radius 3 is 1.83 bits per heavy atom. The second-order valence-electron chi connectivity index (χ2n) is 2.61. The van der Waals surface area contributed by atoms with Crippen LogP contribution in [-0.4, -0.2) is 28.7 Å². The largest absolute Gasteiger partial charge is 0.611 e. The molecule has 0 aromatic heterocycles. The third kappa shape index (κ3) is 2.52. The molecule has 1 saturated heterocycles. The molecule has 0 bridgehead atoms. The van der Waals surface area contributed by atoms with Crippen LogP contribution in [0.3, 0.4) is 0 Å². The van der Waals surface area contributed by atoms with E-state index in [9.17, 15) is 0 Å². The molecule has 0 aliphatic carbocycles. The van der Waals surface area contributed by atoms with Gasteiger partial charge in [0.25, 0.3) is 0 Å². The Morgan fingerprint density at radius 2 is 1.50 bits per heavy atom. The first kappa shape index (κ1) is 10.1. The molecule has 0 radical (unpaired) electrons. The zero-order valence-electron chi connectivity index (χ0n) is 7.78. The molecular formula is C5H13B3O4. The lowest BCUT2D eigenvalue weighted by molar-refractivity contribution is 0.185. The van der Waals surface area contributed by atoms with Gasteiger partial charge in [0.15, 0.2) is 0 Å². The second-order valence-corrected chi connectivity index (χ2v) is 2.61. The molecule has 0 amide bonds. The highest BCUT2D eigenvalue weighted by atomic mass is 16.8. The van der Waals surface area contributed by atoms with Crippen LogP contribution < -0.4 is 0 Å². The van der Waals surface area contributed by atoms with Gasteiger partial charge in [0, 0.05) is 7.11 Å². The van der Waals surface area contributed by atoms with Crippen LogP contribution in [0.4, 0.5) is 0 Å². The lowest BCUT2D eigenvalue weighted by Crippen LogP contribution is -2.49. The predicted molar refractivity (Wildman–Crippen MR) is 48.5 cm³/mol. The minimum atomic E-state index is -0.575. The summed E-state index contributed by atoms with van der Waals surface area (Å²) in [6, 6.07) is 0. The molecule has 0 N–H and O–H groups in total. The molecular weight excluding hydrogens is 156 g/mol. The highest BCUT2D eigenvalue weighted by Gasteiger charge is 2.39. The highest BCUT2D eigenvalue weighted by molar-refractivity contribution is 6.71. The summed E-state index contributed by atoms with van der Waals surface area (Å²) in [5, 5.41) is 0. The van der Waals surface area contributed by atoms with Crippen LogP contribution >= 0.6 is 0 Å². The van der Waals surface area contributed by atoms with E-state index in [4.69, 9.17) is 18.4 Å². The van der Waals surface area contributed by atoms with Crippen molar-refractivity contribution in [3.8, 4) is 0 Å². The van der Waals surface area contributed by atoms with E-state index in [0.29, 0.717) is 0 Å². The summed E-state index contributed by atoms with van der Waals surface area (Å²) in [6.07, 6.45) is 1.61. The van der Waals surface area contributed by atoms with Gasteiger partial charge < -0.3 is 18.4 Å². The Hall–Kier alpha value is 0.0348. The molecule has 0 aromatic carbocycles. The van der Waals surface area contributed by atoms with Gasteiger partial charge in [-0.1, -0.05) is 13.8 Å². The lowest BCUT2D eigenvalue weighted by atomic mass is 9.72. The molecule has 1 heterocycles. The van der Waals surface area contributed by atoms with Crippen LogP contribution in [0, 0.1) is 0 Å². The number of hydrogen-bond donors (Lipinski definition) is 0. The van der Waals surface area contributed by atoms with Crippen LogP contribution in [-0.2, 0) is 18.4 Å². The van der Waals surface area contributed by atoms with Gasteiger partial charge in [-0.3, -0.25) is 0 Å². The van der Waals surface area contributed by atoms with E-state index < -0.39 is 7.32 Å². The summed E-state index contributed by atoms with van der Waals surface area (Å²) in [4.78, 5) is 0. The average Bonchev–Trinajstić information content (AvgIpc) is 2.16. The molecule has 12 heavy (non-hydrogen) atoms. The standard InChI is InChI=1S/C5H13B3O4/c1-4-6-10-7(5-2)12-8(9-3)11-6/h4-5H2,1-3H3. The Labute approximate surface area is 74.4 Å². The van der Waals surface area contributed by atoms with E-state index in [2.05, 4.69) is 0 Å². The first-order valence-electron chi connectivity index (χ1n) is 4.29. The molecule has 1 fully saturated rings. The molecule has 7 heteroatoms. The summed E-state index contributed by atoms with van der Waals surface area (Å²) < 4.78 is 20.8. The minimum absolute atomic E-state index is 0.200. The Morgan fingerprint density at radius 1 is 1.00 bits per heavy atom. The van der Waals surface area contributed by atoms with Gasteiger partial charge in [-0.15, -0.1) is 0 Å². The minimum Gasteiger partial charge on any atom is -0.452 e. The van der Waals surface area contributed by atoms with Crippen LogP contribution in [0.25, 0.3) is 0 Å². The first-order chi connectivity index (χ1) is 5.80. The fourth-order valence-electron chi connectivity index (χ4n) is 1.01. The van der Waals surface area contributed by atoms with E-state index in [-0.39, 0.29) is 14.2 Å². The van der Waals surface area contributed by atoms with Crippen LogP contribution in [0.2, 0.25) is 12.6 Å². The van der Waals surface area contributed by atoms with Crippen molar-refractivity contribution < 1.29 is 18.4 Å². The maximum absolute atomic E-state index is 5.39. The van der Waals surface area contributed by atoms with E-state index in [0.717, 1.165) is 12.6 Å². The van der Waals surface area contributed by atoms with Crippen molar-refractivity contribution in [2.75, 3.05) is 7.11 Å².